The molecule has 0 spiro atoms. The van der Waals surface area contributed by atoms with E-state index in [2.05, 4.69) is 6.92 Å². The summed E-state index contributed by atoms with van der Waals surface area (Å²) >= 11 is 1.78. The van der Waals surface area contributed by atoms with Gasteiger partial charge in [-0.15, -0.1) is 11.8 Å². The number of thioether (sulfide) groups is 1. The number of hydrogen-bond donors (Lipinski definition) is 4. The highest BCUT2D eigenvalue weighted by Gasteiger charge is 2.19. The summed E-state index contributed by atoms with van der Waals surface area (Å²) in [5.74, 6) is -0.652. The maximum absolute atomic E-state index is 8.68. The van der Waals surface area contributed by atoms with E-state index in [1.807, 2.05) is 0 Å². The van der Waals surface area contributed by atoms with Crippen molar-refractivity contribution in [2.45, 2.75) is 77.1 Å². The van der Waals surface area contributed by atoms with Gasteiger partial charge in [0.2, 0.25) is 0 Å². The van der Waals surface area contributed by atoms with Crippen LogP contribution in [0.4, 0.5) is 0 Å². The first-order valence-corrected chi connectivity index (χ1v) is 9.28. The van der Waals surface area contributed by atoms with Crippen molar-refractivity contribution in [2.24, 2.45) is 0 Å². The van der Waals surface area contributed by atoms with Gasteiger partial charge in [-0.3, -0.25) is 0 Å². The maximum atomic E-state index is 8.68. The van der Waals surface area contributed by atoms with E-state index in [9.17, 15) is 0 Å². The summed E-state index contributed by atoms with van der Waals surface area (Å²) in [6.07, 6.45) is 13.5. The first kappa shape index (κ1) is 23.7. The quantitative estimate of drug-likeness (QED) is 0.222. The van der Waals surface area contributed by atoms with Gasteiger partial charge in [-0.05, 0) is 12.2 Å². The van der Waals surface area contributed by atoms with E-state index in [1.165, 1.54) is 64.2 Å². The molecule has 0 aromatic rings. The lowest BCUT2D eigenvalue weighted by Gasteiger charge is -2.11. The predicted octanol–water partition coefficient (Wildman–Crippen LogP) is -1.20. The van der Waals surface area contributed by atoms with Crippen molar-refractivity contribution >= 4 is 11.8 Å². The summed E-state index contributed by atoms with van der Waals surface area (Å²) < 4.78 is 0. The Hall–Kier alpha value is 0.480. The molecule has 0 bridgehead atoms. The van der Waals surface area contributed by atoms with E-state index < -0.39 is 5.97 Å². The third-order valence-electron chi connectivity index (χ3n) is 3.30. The molecule has 0 unspecified atom stereocenters. The Morgan fingerprint density at radius 1 is 0.810 bits per heavy atom. The summed E-state index contributed by atoms with van der Waals surface area (Å²) in [5, 5.41) is 27.7. The van der Waals surface area contributed by atoms with Crippen molar-refractivity contribution in [1.29, 1.82) is 0 Å². The number of unbranched alkanes of at least 4 members (excludes halogenated alkanes) is 9. The van der Waals surface area contributed by atoms with E-state index in [-0.39, 0.29) is 19.0 Å². The Kier molecular flexibility index (Phi) is 19.0. The van der Waals surface area contributed by atoms with Crippen LogP contribution in [0.1, 0.15) is 71.1 Å². The van der Waals surface area contributed by atoms with Gasteiger partial charge < -0.3 is 33.0 Å². The molecule has 0 saturated carbocycles. The molecule has 0 heterocycles. The molecule has 21 heavy (non-hydrogen) atoms. The van der Waals surface area contributed by atoms with Crippen molar-refractivity contribution in [3.05, 3.63) is 0 Å². The van der Waals surface area contributed by atoms with Gasteiger partial charge in [0.05, 0.1) is 0 Å². The average Bonchev–Trinajstić information content (AvgIpc) is 2.38. The smallest absolute Gasteiger partial charge is 0.327 e. The second kappa shape index (κ2) is 16.8. The van der Waals surface area contributed by atoms with E-state index in [0.717, 1.165) is 11.6 Å². The largest absolute Gasteiger partial charge is 1.00 e. The normalized spacial score (nSPS) is 11.4. The molecule has 0 aliphatic heterocycles. The monoisotopic (exact) mass is 343 g/mol. The molecule has 0 fully saturated rings. The Labute approximate surface area is 140 Å². The molecule has 0 atom stereocenters. The molecule has 0 amide bonds. The van der Waals surface area contributed by atoms with Gasteiger partial charge >= 0.3 is 5.97 Å². The second-order valence-corrected chi connectivity index (χ2v) is 6.67. The minimum atomic E-state index is -2.53. The fourth-order valence-corrected chi connectivity index (χ4v) is 2.97. The third kappa shape index (κ3) is 22.9. The van der Waals surface area contributed by atoms with Crippen LogP contribution < -0.4 is 17.7 Å². The van der Waals surface area contributed by atoms with Crippen LogP contribution in [0.15, 0.2) is 0 Å². The van der Waals surface area contributed by atoms with Gasteiger partial charge in [-0.1, -0.05) is 64.7 Å². The van der Waals surface area contributed by atoms with Gasteiger partial charge in [0, 0.05) is 0 Å². The SMILES string of the molecule is CCCCCCCCCCCCSC[NH2+]CC(O)(O)O.[Cl-]. The van der Waals surface area contributed by atoms with Crippen molar-refractivity contribution in [3.63, 3.8) is 0 Å². The highest BCUT2D eigenvalue weighted by atomic mass is 35.5. The Morgan fingerprint density at radius 2 is 1.29 bits per heavy atom. The third-order valence-corrected chi connectivity index (χ3v) is 4.34. The molecule has 0 aliphatic carbocycles. The fourth-order valence-electron chi connectivity index (χ4n) is 2.11. The van der Waals surface area contributed by atoms with E-state index in [4.69, 9.17) is 15.3 Å². The lowest BCUT2D eigenvalue weighted by atomic mass is 10.1. The van der Waals surface area contributed by atoms with Crippen LogP contribution in [0.5, 0.6) is 0 Å². The lowest BCUT2D eigenvalue weighted by Crippen LogP contribution is -3.00. The molecule has 130 valence electrons. The first-order valence-electron chi connectivity index (χ1n) is 8.13. The number of rotatable bonds is 15. The summed E-state index contributed by atoms with van der Waals surface area (Å²) in [7, 11) is 0. The van der Waals surface area contributed by atoms with E-state index in [1.54, 1.807) is 17.1 Å². The molecule has 4 nitrogen and oxygen atoms in total. The first-order chi connectivity index (χ1) is 9.56. The van der Waals surface area contributed by atoms with Gasteiger partial charge in [0.15, 0.2) is 6.54 Å². The fraction of sp³-hybridized carbons (Fsp3) is 1.00. The molecule has 0 aliphatic rings. The maximum Gasteiger partial charge on any atom is 0.327 e. The summed E-state index contributed by atoms with van der Waals surface area (Å²) in [6, 6.07) is 0. The molecule has 0 radical (unpaired) electrons. The Bertz CT molecular complexity index is 204. The van der Waals surface area contributed by atoms with Crippen LogP contribution in [0.25, 0.3) is 0 Å². The number of hydrogen-bond acceptors (Lipinski definition) is 4. The second-order valence-electron chi connectivity index (χ2n) is 5.52. The Morgan fingerprint density at radius 3 is 1.76 bits per heavy atom. The summed E-state index contributed by atoms with van der Waals surface area (Å²) in [5.41, 5.74) is 0. The molecule has 5 N–H and O–H groups in total. The van der Waals surface area contributed by atoms with Crippen LogP contribution in [-0.2, 0) is 0 Å². The standard InChI is InChI=1S/C15H33NO3S.ClH/c1-2-3-4-5-6-7-8-9-10-11-12-20-14-16-13-15(17,18)19;/h16-19H,2-14H2,1H3;1H. The van der Waals surface area contributed by atoms with E-state index >= 15 is 0 Å². The molecular formula is C15H34ClNO3S. The van der Waals surface area contributed by atoms with Crippen molar-refractivity contribution < 1.29 is 33.0 Å². The van der Waals surface area contributed by atoms with Crippen LogP contribution in [0, 0.1) is 0 Å². The van der Waals surface area contributed by atoms with Crippen molar-refractivity contribution in [3.8, 4) is 0 Å². The Balaban J connectivity index is 0. The van der Waals surface area contributed by atoms with Gasteiger partial charge in [0.25, 0.3) is 0 Å². The van der Waals surface area contributed by atoms with Crippen LogP contribution in [-0.4, -0.2) is 39.5 Å². The van der Waals surface area contributed by atoms with Gasteiger partial charge in [-0.25, -0.2) is 0 Å². The summed E-state index contributed by atoms with van der Waals surface area (Å²) in [6.45, 7) is 2.17. The minimum Gasteiger partial charge on any atom is -1.00 e. The molecule has 0 aromatic carbocycles. The summed E-state index contributed by atoms with van der Waals surface area (Å²) in [4.78, 5) is 0. The topological polar surface area (TPSA) is 77.3 Å². The number of aliphatic hydroxyl groups is 3. The van der Waals surface area contributed by atoms with Crippen LogP contribution in [0.3, 0.4) is 0 Å². The number of nitrogens with two attached hydrogens (primary N) is 1. The molecule has 0 rings (SSSR count). The van der Waals surface area contributed by atoms with Crippen LogP contribution >= 0.6 is 11.8 Å². The molecule has 0 saturated heterocycles. The highest BCUT2D eigenvalue weighted by Crippen LogP contribution is 2.11. The van der Waals surface area contributed by atoms with Crippen LogP contribution in [0.2, 0.25) is 0 Å². The molecule has 6 heteroatoms. The zero-order valence-corrected chi connectivity index (χ0v) is 15.0. The van der Waals surface area contributed by atoms with Crippen molar-refractivity contribution in [1.82, 2.24) is 0 Å². The average molecular weight is 344 g/mol. The molecular weight excluding hydrogens is 310 g/mol. The van der Waals surface area contributed by atoms with E-state index in [0.29, 0.717) is 0 Å². The zero-order chi connectivity index (χ0) is 15.1. The minimum absolute atomic E-state index is 0. The lowest BCUT2D eigenvalue weighted by molar-refractivity contribution is -0.672. The van der Waals surface area contributed by atoms with Crippen molar-refractivity contribution in [2.75, 3.05) is 18.2 Å². The predicted molar refractivity (Wildman–Crippen MR) is 85.3 cm³/mol. The highest BCUT2D eigenvalue weighted by molar-refractivity contribution is 7.99. The van der Waals surface area contributed by atoms with Gasteiger partial charge in [0.1, 0.15) is 5.88 Å². The zero-order valence-electron chi connectivity index (χ0n) is 13.4. The van der Waals surface area contributed by atoms with Gasteiger partial charge in [-0.2, -0.15) is 0 Å². The molecule has 0 aromatic heterocycles. The number of halogens is 1. The number of quaternary nitrogens is 1.